The zero-order valence-electron chi connectivity index (χ0n) is 14.3. The molecule has 3 heteroatoms. The Morgan fingerprint density at radius 1 is 1.05 bits per heavy atom. The molecule has 2 aliphatic carbocycles. The molecule has 0 aromatic rings. The highest BCUT2D eigenvalue weighted by atomic mass is 16.5. The van der Waals surface area contributed by atoms with Gasteiger partial charge in [0.15, 0.2) is 0 Å². The van der Waals surface area contributed by atoms with Gasteiger partial charge in [0, 0.05) is 6.42 Å². The summed E-state index contributed by atoms with van der Waals surface area (Å²) in [5.41, 5.74) is 0. The van der Waals surface area contributed by atoms with E-state index in [1.165, 1.54) is 58.5 Å². The maximum Gasteiger partial charge on any atom is 0.316 e. The molecule has 3 nitrogen and oxygen atoms in total. The fraction of sp³-hybridized carbons (Fsp3) is 0.895. The van der Waals surface area contributed by atoms with E-state index < -0.39 is 5.92 Å². The van der Waals surface area contributed by atoms with E-state index in [0.717, 1.165) is 12.3 Å². The smallest absolute Gasteiger partial charge is 0.316 e. The second-order valence-electron chi connectivity index (χ2n) is 7.36. The number of esters is 1. The summed E-state index contributed by atoms with van der Waals surface area (Å²) in [5, 5.41) is 0. The standard InChI is InChI=1S/C19H32O3/c1-3-4-5-6-14-7-9-15(10-8-14)16-11-12-17(18(20)13-16)19(21)22-2/h14-17H,3-13H2,1-2H3/t14-,15-,16?,17?. The summed E-state index contributed by atoms with van der Waals surface area (Å²) < 4.78 is 4.74. The van der Waals surface area contributed by atoms with Crippen LogP contribution in [0.3, 0.4) is 0 Å². The maximum atomic E-state index is 12.2. The third-order valence-electron chi connectivity index (χ3n) is 5.94. The highest BCUT2D eigenvalue weighted by Gasteiger charge is 2.38. The van der Waals surface area contributed by atoms with Crippen molar-refractivity contribution in [2.24, 2.45) is 23.7 Å². The predicted molar refractivity (Wildman–Crippen MR) is 87.4 cm³/mol. The lowest BCUT2D eigenvalue weighted by Crippen LogP contribution is -2.35. The van der Waals surface area contributed by atoms with Gasteiger partial charge >= 0.3 is 5.97 Å². The van der Waals surface area contributed by atoms with Crippen LogP contribution in [0.2, 0.25) is 0 Å². The number of hydrogen-bond acceptors (Lipinski definition) is 3. The van der Waals surface area contributed by atoms with Crippen LogP contribution in [0.5, 0.6) is 0 Å². The zero-order valence-corrected chi connectivity index (χ0v) is 14.3. The Labute approximate surface area is 135 Å². The van der Waals surface area contributed by atoms with Crippen LogP contribution >= 0.6 is 0 Å². The van der Waals surface area contributed by atoms with Crippen LogP contribution in [-0.2, 0) is 14.3 Å². The molecule has 2 atom stereocenters. The van der Waals surface area contributed by atoms with Gasteiger partial charge in [-0.05, 0) is 43.4 Å². The van der Waals surface area contributed by atoms with E-state index in [-0.39, 0.29) is 11.8 Å². The minimum Gasteiger partial charge on any atom is -0.468 e. The Bertz CT molecular complexity index is 369. The molecule has 0 amide bonds. The number of methoxy groups -OCH3 is 1. The minimum absolute atomic E-state index is 0.119. The quantitative estimate of drug-likeness (QED) is 0.411. The van der Waals surface area contributed by atoms with Crippen LogP contribution in [0.15, 0.2) is 0 Å². The third-order valence-corrected chi connectivity index (χ3v) is 5.94. The molecule has 0 aromatic carbocycles. The van der Waals surface area contributed by atoms with Gasteiger partial charge in [0.25, 0.3) is 0 Å². The Morgan fingerprint density at radius 2 is 1.73 bits per heavy atom. The molecule has 0 heterocycles. The Morgan fingerprint density at radius 3 is 2.32 bits per heavy atom. The van der Waals surface area contributed by atoms with E-state index in [1.54, 1.807) is 0 Å². The van der Waals surface area contributed by atoms with Gasteiger partial charge in [-0.25, -0.2) is 0 Å². The Balaban J connectivity index is 1.74. The van der Waals surface area contributed by atoms with Crippen molar-refractivity contribution in [3.8, 4) is 0 Å². The number of ether oxygens (including phenoxy) is 1. The van der Waals surface area contributed by atoms with Crippen molar-refractivity contribution in [2.45, 2.75) is 77.6 Å². The number of carbonyl (C=O) groups excluding carboxylic acids is 2. The van der Waals surface area contributed by atoms with Crippen molar-refractivity contribution in [2.75, 3.05) is 7.11 Å². The molecule has 22 heavy (non-hydrogen) atoms. The molecule has 2 saturated carbocycles. The van der Waals surface area contributed by atoms with Crippen LogP contribution in [-0.4, -0.2) is 18.9 Å². The zero-order chi connectivity index (χ0) is 15.9. The number of carbonyl (C=O) groups is 2. The largest absolute Gasteiger partial charge is 0.468 e. The third kappa shape index (κ3) is 4.57. The first-order valence-electron chi connectivity index (χ1n) is 9.26. The molecular weight excluding hydrogens is 276 g/mol. The topological polar surface area (TPSA) is 43.4 Å². The first-order valence-corrected chi connectivity index (χ1v) is 9.26. The molecule has 0 bridgehead atoms. The fourth-order valence-corrected chi connectivity index (χ4v) is 4.47. The normalized spacial score (nSPS) is 32.7. The monoisotopic (exact) mass is 308 g/mol. The van der Waals surface area contributed by atoms with Gasteiger partial charge < -0.3 is 4.74 Å². The van der Waals surface area contributed by atoms with E-state index in [9.17, 15) is 9.59 Å². The second-order valence-corrected chi connectivity index (χ2v) is 7.36. The van der Waals surface area contributed by atoms with Crippen LogP contribution in [0.1, 0.15) is 77.6 Å². The molecule has 126 valence electrons. The number of Topliss-reactive ketones (excluding diaryl/α,β-unsaturated/α-hetero) is 1. The summed E-state index contributed by atoms with van der Waals surface area (Å²) in [4.78, 5) is 23.8. The number of unbranched alkanes of at least 4 members (excludes halogenated alkanes) is 2. The number of rotatable bonds is 6. The SMILES string of the molecule is CCCCC[C@H]1CC[C@H](C2CCC(C(=O)OC)C(=O)C2)CC1. The van der Waals surface area contributed by atoms with Gasteiger partial charge in [0.2, 0.25) is 0 Å². The second kappa shape index (κ2) is 8.69. The molecule has 2 unspecified atom stereocenters. The summed E-state index contributed by atoms with van der Waals surface area (Å²) in [7, 11) is 1.38. The summed E-state index contributed by atoms with van der Waals surface area (Å²) in [6, 6.07) is 0. The Hall–Kier alpha value is -0.860. The summed E-state index contributed by atoms with van der Waals surface area (Å²) in [6.45, 7) is 2.26. The van der Waals surface area contributed by atoms with Gasteiger partial charge in [-0.2, -0.15) is 0 Å². The molecule has 0 N–H and O–H groups in total. The summed E-state index contributed by atoms with van der Waals surface area (Å²) in [6.07, 6.45) is 13.1. The molecule has 2 aliphatic rings. The predicted octanol–water partition coefficient (Wildman–Crippen LogP) is 4.53. The average molecular weight is 308 g/mol. The van der Waals surface area contributed by atoms with E-state index in [4.69, 9.17) is 4.74 Å². The first kappa shape index (κ1) is 17.5. The molecule has 0 aromatic heterocycles. The van der Waals surface area contributed by atoms with Crippen molar-refractivity contribution in [3.05, 3.63) is 0 Å². The van der Waals surface area contributed by atoms with E-state index >= 15 is 0 Å². The van der Waals surface area contributed by atoms with Crippen molar-refractivity contribution in [1.82, 2.24) is 0 Å². The van der Waals surface area contributed by atoms with Crippen molar-refractivity contribution in [3.63, 3.8) is 0 Å². The molecule has 0 saturated heterocycles. The first-order chi connectivity index (χ1) is 10.7. The van der Waals surface area contributed by atoms with Gasteiger partial charge in [0.05, 0.1) is 7.11 Å². The van der Waals surface area contributed by atoms with Crippen LogP contribution in [0.25, 0.3) is 0 Å². The molecule has 0 spiro atoms. The van der Waals surface area contributed by atoms with Gasteiger partial charge in [-0.1, -0.05) is 45.4 Å². The van der Waals surface area contributed by atoms with Crippen LogP contribution in [0, 0.1) is 23.7 Å². The van der Waals surface area contributed by atoms with Crippen LogP contribution in [0.4, 0.5) is 0 Å². The highest BCUT2D eigenvalue weighted by Crippen LogP contribution is 2.41. The summed E-state index contributed by atoms with van der Waals surface area (Å²) in [5.74, 6) is 1.46. The lowest BCUT2D eigenvalue weighted by atomic mass is 9.68. The summed E-state index contributed by atoms with van der Waals surface area (Å²) >= 11 is 0. The highest BCUT2D eigenvalue weighted by molar-refractivity contribution is 5.99. The van der Waals surface area contributed by atoms with E-state index in [2.05, 4.69) is 6.92 Å². The lowest BCUT2D eigenvalue weighted by molar-refractivity contribution is -0.151. The molecular formula is C19H32O3. The molecule has 2 fully saturated rings. The van der Waals surface area contributed by atoms with Crippen molar-refractivity contribution >= 4 is 11.8 Å². The molecule has 0 aliphatic heterocycles. The van der Waals surface area contributed by atoms with Crippen molar-refractivity contribution in [1.29, 1.82) is 0 Å². The Kier molecular flexibility index (Phi) is 6.91. The van der Waals surface area contributed by atoms with Gasteiger partial charge in [0.1, 0.15) is 11.7 Å². The van der Waals surface area contributed by atoms with Gasteiger partial charge in [-0.15, -0.1) is 0 Å². The van der Waals surface area contributed by atoms with Gasteiger partial charge in [-0.3, -0.25) is 9.59 Å². The van der Waals surface area contributed by atoms with Crippen LogP contribution < -0.4 is 0 Å². The maximum absolute atomic E-state index is 12.2. The van der Waals surface area contributed by atoms with E-state index in [0.29, 0.717) is 24.7 Å². The fourth-order valence-electron chi connectivity index (χ4n) is 4.47. The lowest BCUT2D eigenvalue weighted by Gasteiger charge is -2.36. The number of ketones is 1. The minimum atomic E-state index is -0.480. The number of hydrogen-bond donors (Lipinski definition) is 0. The molecule has 2 rings (SSSR count). The molecule has 0 radical (unpaired) electrons. The average Bonchev–Trinajstić information content (AvgIpc) is 2.55. The van der Waals surface area contributed by atoms with Crippen molar-refractivity contribution < 1.29 is 14.3 Å². The van der Waals surface area contributed by atoms with E-state index in [1.807, 2.05) is 0 Å².